The summed E-state index contributed by atoms with van der Waals surface area (Å²) in [6.45, 7) is 5.93. The molecule has 5 rings (SSSR count). The number of hydrogen-bond donors (Lipinski definition) is 1. The van der Waals surface area contributed by atoms with Gasteiger partial charge in [0.1, 0.15) is 0 Å². The van der Waals surface area contributed by atoms with E-state index < -0.39 is 0 Å². The Morgan fingerprint density at radius 1 is 1.11 bits per heavy atom. The average Bonchev–Trinajstić information content (AvgIpc) is 3.09. The summed E-state index contributed by atoms with van der Waals surface area (Å²) < 4.78 is 3.83. The van der Waals surface area contributed by atoms with E-state index >= 15 is 0 Å². The number of imidazole rings is 1. The van der Waals surface area contributed by atoms with Gasteiger partial charge < -0.3 is 9.88 Å². The second kappa shape index (κ2) is 6.56. The molecule has 1 N–H and O–H groups in total. The number of nitrogens with one attached hydrogen (secondary N) is 1. The van der Waals surface area contributed by atoms with Gasteiger partial charge in [0.15, 0.2) is 5.65 Å². The SMILES string of the molecule is Cc1cn2nc(-c3cccc4c3ccc(=O)n4C3CCNCC3)cc(C)c2n1. The van der Waals surface area contributed by atoms with E-state index in [1.807, 2.05) is 34.3 Å². The van der Waals surface area contributed by atoms with Gasteiger partial charge in [-0.3, -0.25) is 4.79 Å². The Labute approximate surface area is 162 Å². The Morgan fingerprint density at radius 2 is 1.93 bits per heavy atom. The Balaban J connectivity index is 1.74. The quantitative estimate of drug-likeness (QED) is 0.586. The van der Waals surface area contributed by atoms with Crippen LogP contribution in [0.4, 0.5) is 0 Å². The number of fused-ring (bicyclic) bond motifs is 2. The molecule has 0 bridgehead atoms. The molecule has 28 heavy (non-hydrogen) atoms. The molecule has 0 spiro atoms. The van der Waals surface area contributed by atoms with Gasteiger partial charge in [-0.05, 0) is 63.5 Å². The first-order valence-electron chi connectivity index (χ1n) is 9.81. The summed E-state index contributed by atoms with van der Waals surface area (Å²) in [5.41, 5.74) is 5.90. The minimum absolute atomic E-state index is 0.0707. The zero-order chi connectivity index (χ0) is 19.3. The largest absolute Gasteiger partial charge is 0.317 e. The fraction of sp³-hybridized carbons (Fsp3) is 0.318. The van der Waals surface area contributed by atoms with Crippen molar-refractivity contribution in [1.29, 1.82) is 0 Å². The minimum Gasteiger partial charge on any atom is -0.317 e. The van der Waals surface area contributed by atoms with Gasteiger partial charge in [-0.15, -0.1) is 0 Å². The standard InChI is InChI=1S/C22H23N5O/c1-14-12-19(25-26-13-15(2)24-22(14)26)17-4-3-5-20-18(17)6-7-21(28)27(20)16-8-10-23-11-9-16/h3-7,12-13,16,23H,8-11H2,1-2H3. The number of aromatic nitrogens is 4. The molecule has 0 atom stereocenters. The van der Waals surface area contributed by atoms with Gasteiger partial charge >= 0.3 is 0 Å². The summed E-state index contributed by atoms with van der Waals surface area (Å²) in [6, 6.07) is 12.1. The number of nitrogens with zero attached hydrogens (tertiary/aromatic N) is 4. The number of benzene rings is 1. The van der Waals surface area contributed by atoms with E-state index in [4.69, 9.17) is 5.10 Å². The molecule has 142 valence electrons. The molecule has 0 radical (unpaired) electrons. The number of piperidine rings is 1. The Kier molecular flexibility index (Phi) is 4.02. The third-order valence-corrected chi connectivity index (χ3v) is 5.65. The van der Waals surface area contributed by atoms with Gasteiger partial charge in [0.25, 0.3) is 5.56 Å². The van der Waals surface area contributed by atoms with Crippen molar-refractivity contribution in [3.63, 3.8) is 0 Å². The fourth-order valence-corrected chi connectivity index (χ4v) is 4.33. The van der Waals surface area contributed by atoms with Crippen LogP contribution in [-0.2, 0) is 0 Å². The molecule has 1 aliphatic heterocycles. The maximum absolute atomic E-state index is 12.7. The second-order valence-corrected chi connectivity index (χ2v) is 7.62. The molecule has 0 aliphatic carbocycles. The average molecular weight is 373 g/mol. The third-order valence-electron chi connectivity index (χ3n) is 5.65. The zero-order valence-electron chi connectivity index (χ0n) is 16.1. The Morgan fingerprint density at radius 3 is 2.75 bits per heavy atom. The number of hydrogen-bond acceptors (Lipinski definition) is 4. The van der Waals surface area contributed by atoms with Gasteiger partial charge in [0.05, 0.1) is 23.1 Å². The molecule has 4 aromatic rings. The molecule has 1 aliphatic rings. The molecule has 4 heterocycles. The van der Waals surface area contributed by atoms with E-state index in [2.05, 4.69) is 35.4 Å². The van der Waals surface area contributed by atoms with E-state index in [0.29, 0.717) is 0 Å². The summed E-state index contributed by atoms with van der Waals surface area (Å²) in [7, 11) is 0. The summed E-state index contributed by atoms with van der Waals surface area (Å²) in [5.74, 6) is 0. The van der Waals surface area contributed by atoms with E-state index in [1.54, 1.807) is 6.07 Å². The van der Waals surface area contributed by atoms with Crippen molar-refractivity contribution >= 4 is 16.6 Å². The van der Waals surface area contributed by atoms with Gasteiger partial charge in [0.2, 0.25) is 0 Å². The lowest BCUT2D eigenvalue weighted by atomic mass is 10.0. The van der Waals surface area contributed by atoms with Crippen molar-refractivity contribution in [3.8, 4) is 11.3 Å². The fourth-order valence-electron chi connectivity index (χ4n) is 4.33. The lowest BCUT2D eigenvalue weighted by molar-refractivity contribution is 0.369. The highest BCUT2D eigenvalue weighted by atomic mass is 16.1. The highest BCUT2D eigenvalue weighted by molar-refractivity contribution is 5.94. The molecule has 0 saturated carbocycles. The molecule has 1 fully saturated rings. The maximum atomic E-state index is 12.7. The molecular formula is C22H23N5O. The van der Waals surface area contributed by atoms with Gasteiger partial charge in [-0.2, -0.15) is 5.10 Å². The van der Waals surface area contributed by atoms with Gasteiger partial charge in [-0.1, -0.05) is 12.1 Å². The molecule has 0 unspecified atom stereocenters. The molecular weight excluding hydrogens is 350 g/mol. The molecule has 0 amide bonds. The van der Waals surface area contributed by atoms with Crippen LogP contribution in [0.2, 0.25) is 0 Å². The van der Waals surface area contributed by atoms with Gasteiger partial charge in [-0.25, -0.2) is 9.50 Å². The first kappa shape index (κ1) is 17.1. The van der Waals surface area contributed by atoms with E-state index in [0.717, 1.165) is 65.0 Å². The van der Waals surface area contributed by atoms with Crippen molar-refractivity contribution in [2.75, 3.05) is 13.1 Å². The number of rotatable bonds is 2. The molecule has 3 aromatic heterocycles. The summed E-state index contributed by atoms with van der Waals surface area (Å²) in [6.07, 6.45) is 3.89. The van der Waals surface area contributed by atoms with Crippen LogP contribution in [0, 0.1) is 13.8 Å². The lowest BCUT2D eigenvalue weighted by Gasteiger charge is -2.26. The van der Waals surface area contributed by atoms with Crippen LogP contribution in [-0.4, -0.2) is 32.3 Å². The van der Waals surface area contributed by atoms with Crippen molar-refractivity contribution in [3.05, 3.63) is 64.2 Å². The number of pyridine rings is 1. The zero-order valence-corrected chi connectivity index (χ0v) is 16.1. The molecule has 6 heteroatoms. The molecule has 1 saturated heterocycles. The first-order valence-corrected chi connectivity index (χ1v) is 9.81. The minimum atomic E-state index is 0.0707. The van der Waals surface area contributed by atoms with Crippen LogP contribution in [0.25, 0.3) is 27.8 Å². The predicted octanol–water partition coefficient (Wildman–Crippen LogP) is 3.25. The van der Waals surface area contributed by atoms with Crippen molar-refractivity contribution in [2.45, 2.75) is 32.7 Å². The van der Waals surface area contributed by atoms with E-state index in [-0.39, 0.29) is 11.6 Å². The molecule has 1 aromatic carbocycles. The van der Waals surface area contributed by atoms with Crippen molar-refractivity contribution in [2.24, 2.45) is 0 Å². The van der Waals surface area contributed by atoms with E-state index in [1.165, 1.54) is 0 Å². The van der Waals surface area contributed by atoms with Crippen LogP contribution in [0.5, 0.6) is 0 Å². The highest BCUT2D eigenvalue weighted by Crippen LogP contribution is 2.30. The number of aryl methyl sites for hydroxylation is 2. The van der Waals surface area contributed by atoms with Gasteiger partial charge in [0, 0.05) is 23.1 Å². The maximum Gasteiger partial charge on any atom is 0.251 e. The predicted molar refractivity (Wildman–Crippen MR) is 111 cm³/mol. The third kappa shape index (κ3) is 2.72. The highest BCUT2D eigenvalue weighted by Gasteiger charge is 2.19. The van der Waals surface area contributed by atoms with E-state index in [9.17, 15) is 4.79 Å². The summed E-state index contributed by atoms with van der Waals surface area (Å²) >= 11 is 0. The van der Waals surface area contributed by atoms with Crippen molar-refractivity contribution < 1.29 is 0 Å². The second-order valence-electron chi connectivity index (χ2n) is 7.62. The smallest absolute Gasteiger partial charge is 0.251 e. The van der Waals surface area contributed by atoms with Crippen LogP contribution in [0.3, 0.4) is 0 Å². The first-order chi connectivity index (χ1) is 13.6. The van der Waals surface area contributed by atoms with Crippen LogP contribution < -0.4 is 10.9 Å². The van der Waals surface area contributed by atoms with Crippen LogP contribution in [0.15, 0.2) is 47.4 Å². The summed E-state index contributed by atoms with van der Waals surface area (Å²) in [5, 5.41) is 9.24. The van der Waals surface area contributed by atoms with Crippen LogP contribution in [0.1, 0.15) is 30.1 Å². The summed E-state index contributed by atoms with van der Waals surface area (Å²) in [4.78, 5) is 17.3. The Bertz CT molecular complexity index is 1250. The monoisotopic (exact) mass is 373 g/mol. The topological polar surface area (TPSA) is 64.2 Å². The van der Waals surface area contributed by atoms with Crippen LogP contribution >= 0.6 is 0 Å². The molecule has 6 nitrogen and oxygen atoms in total. The normalized spacial score (nSPS) is 15.5. The Hall–Kier alpha value is -2.99. The lowest BCUT2D eigenvalue weighted by Crippen LogP contribution is -2.34. The van der Waals surface area contributed by atoms with Crippen molar-refractivity contribution in [1.82, 2.24) is 24.5 Å².